The number of nitriles is 1. The standard InChI is InChI=1S/C31H23N3/c32-22-26-18-16-25(17-19-26)20-21-30-23-34(24-33-30)31(27-10-4-1-5-11-27,28-12-6-2-7-13-28)29-14-8-3-9-15-29/h1-21,23-24H/b21-20+. The van der Waals surface area contributed by atoms with Crippen LogP contribution in [0.5, 0.6) is 0 Å². The van der Waals surface area contributed by atoms with Gasteiger partial charge in [-0.1, -0.05) is 109 Å². The third-order valence-electron chi connectivity index (χ3n) is 6.05. The van der Waals surface area contributed by atoms with Crippen molar-refractivity contribution in [3.8, 4) is 6.07 Å². The molecule has 0 spiro atoms. The Bertz CT molecular complexity index is 1330. The number of nitrogens with zero attached hydrogens (tertiary/aromatic N) is 3. The fourth-order valence-electron chi connectivity index (χ4n) is 4.44. The van der Waals surface area contributed by atoms with Crippen LogP contribution in [0.25, 0.3) is 12.2 Å². The lowest BCUT2D eigenvalue weighted by Gasteiger charge is -2.37. The van der Waals surface area contributed by atoms with Gasteiger partial charge in [-0.15, -0.1) is 0 Å². The van der Waals surface area contributed by atoms with Crippen LogP contribution in [-0.2, 0) is 5.54 Å². The molecule has 0 aliphatic heterocycles. The van der Waals surface area contributed by atoms with Crippen molar-refractivity contribution in [1.82, 2.24) is 9.55 Å². The minimum atomic E-state index is -0.572. The third kappa shape index (κ3) is 3.94. The molecule has 1 heterocycles. The van der Waals surface area contributed by atoms with E-state index in [4.69, 9.17) is 10.2 Å². The van der Waals surface area contributed by atoms with Gasteiger partial charge < -0.3 is 4.57 Å². The molecule has 0 aliphatic rings. The van der Waals surface area contributed by atoms with E-state index in [-0.39, 0.29) is 0 Å². The monoisotopic (exact) mass is 437 g/mol. The largest absolute Gasteiger partial charge is 0.318 e. The van der Waals surface area contributed by atoms with Crippen LogP contribution in [0.1, 0.15) is 33.5 Å². The van der Waals surface area contributed by atoms with E-state index in [1.165, 1.54) is 0 Å². The van der Waals surface area contributed by atoms with Gasteiger partial charge in [-0.3, -0.25) is 0 Å². The Morgan fingerprint density at radius 2 is 1.15 bits per heavy atom. The second-order valence-corrected chi connectivity index (χ2v) is 8.08. The number of imidazole rings is 1. The molecule has 0 unspecified atom stereocenters. The van der Waals surface area contributed by atoms with Gasteiger partial charge in [-0.05, 0) is 40.5 Å². The highest BCUT2D eigenvalue weighted by Gasteiger charge is 2.38. The molecule has 3 nitrogen and oxygen atoms in total. The molecule has 5 aromatic rings. The molecule has 5 rings (SSSR count). The zero-order valence-electron chi connectivity index (χ0n) is 18.6. The van der Waals surface area contributed by atoms with Gasteiger partial charge in [0.1, 0.15) is 5.54 Å². The summed E-state index contributed by atoms with van der Waals surface area (Å²) in [4.78, 5) is 4.73. The predicted molar refractivity (Wildman–Crippen MR) is 137 cm³/mol. The van der Waals surface area contributed by atoms with Gasteiger partial charge in [0.05, 0.1) is 23.7 Å². The van der Waals surface area contributed by atoms with Gasteiger partial charge >= 0.3 is 0 Å². The molecular weight excluding hydrogens is 414 g/mol. The summed E-state index contributed by atoms with van der Waals surface area (Å²) in [5.41, 5.74) is 5.44. The fraction of sp³-hybridized carbons (Fsp3) is 0.0323. The minimum Gasteiger partial charge on any atom is -0.318 e. The summed E-state index contributed by atoms with van der Waals surface area (Å²) in [6.07, 6.45) is 8.02. The number of benzene rings is 4. The number of rotatable bonds is 6. The number of aromatic nitrogens is 2. The molecule has 0 N–H and O–H groups in total. The van der Waals surface area contributed by atoms with E-state index >= 15 is 0 Å². The lowest BCUT2D eigenvalue weighted by Crippen LogP contribution is -2.36. The van der Waals surface area contributed by atoms with Gasteiger partial charge in [0.15, 0.2) is 0 Å². The first kappa shape index (κ1) is 21.2. The summed E-state index contributed by atoms with van der Waals surface area (Å²) in [5, 5.41) is 9.02. The second kappa shape index (κ2) is 9.44. The highest BCUT2D eigenvalue weighted by molar-refractivity contribution is 5.68. The summed E-state index contributed by atoms with van der Waals surface area (Å²) in [5.74, 6) is 0. The van der Waals surface area contributed by atoms with Crippen molar-refractivity contribution in [3.05, 3.63) is 161 Å². The highest BCUT2D eigenvalue weighted by atomic mass is 15.1. The predicted octanol–water partition coefficient (Wildman–Crippen LogP) is 6.77. The molecule has 0 saturated carbocycles. The maximum Gasteiger partial charge on any atom is 0.121 e. The Morgan fingerprint density at radius 1 is 0.647 bits per heavy atom. The summed E-state index contributed by atoms with van der Waals surface area (Å²) in [6.45, 7) is 0. The summed E-state index contributed by atoms with van der Waals surface area (Å²) in [6, 6.07) is 41.3. The Labute approximate surface area is 199 Å². The zero-order chi connectivity index (χ0) is 23.2. The molecule has 0 radical (unpaired) electrons. The number of hydrogen-bond acceptors (Lipinski definition) is 2. The summed E-state index contributed by atoms with van der Waals surface area (Å²) < 4.78 is 2.20. The third-order valence-corrected chi connectivity index (χ3v) is 6.05. The topological polar surface area (TPSA) is 41.6 Å². The molecule has 1 aromatic heterocycles. The molecular formula is C31H23N3. The second-order valence-electron chi connectivity index (χ2n) is 8.08. The average molecular weight is 438 g/mol. The quantitative estimate of drug-likeness (QED) is 0.275. The van der Waals surface area contributed by atoms with Gasteiger partial charge in [0, 0.05) is 6.20 Å². The maximum atomic E-state index is 9.02. The van der Waals surface area contributed by atoms with Crippen molar-refractivity contribution in [2.75, 3.05) is 0 Å². The molecule has 0 saturated heterocycles. The van der Waals surface area contributed by atoms with E-state index in [0.717, 1.165) is 27.9 Å². The van der Waals surface area contributed by atoms with Crippen molar-refractivity contribution >= 4 is 12.2 Å². The van der Waals surface area contributed by atoms with E-state index in [0.29, 0.717) is 5.56 Å². The van der Waals surface area contributed by atoms with E-state index in [1.54, 1.807) is 0 Å². The first-order chi connectivity index (χ1) is 16.8. The van der Waals surface area contributed by atoms with Crippen LogP contribution in [0.2, 0.25) is 0 Å². The summed E-state index contributed by atoms with van der Waals surface area (Å²) >= 11 is 0. The Hall–Kier alpha value is -4.68. The highest BCUT2D eigenvalue weighted by Crippen LogP contribution is 2.40. The Kier molecular flexibility index (Phi) is 5.88. The van der Waals surface area contributed by atoms with Crippen LogP contribution in [0.4, 0.5) is 0 Å². The van der Waals surface area contributed by atoms with Crippen molar-refractivity contribution in [1.29, 1.82) is 5.26 Å². The molecule has 0 aliphatic carbocycles. The SMILES string of the molecule is N#Cc1ccc(/C=C/c2cn(C(c3ccccc3)(c3ccccc3)c3ccccc3)cn2)cc1. The van der Waals surface area contributed by atoms with E-state index in [2.05, 4.69) is 89.6 Å². The lowest BCUT2D eigenvalue weighted by atomic mass is 9.77. The molecule has 0 fully saturated rings. The van der Waals surface area contributed by atoms with Crippen LogP contribution in [-0.4, -0.2) is 9.55 Å². The van der Waals surface area contributed by atoms with Crippen LogP contribution < -0.4 is 0 Å². The van der Waals surface area contributed by atoms with E-state index < -0.39 is 5.54 Å². The van der Waals surface area contributed by atoms with Gasteiger partial charge in [0.2, 0.25) is 0 Å². The van der Waals surface area contributed by atoms with Crippen LogP contribution >= 0.6 is 0 Å². The first-order valence-corrected chi connectivity index (χ1v) is 11.2. The molecule has 0 amide bonds. The molecule has 3 heteroatoms. The van der Waals surface area contributed by atoms with Gasteiger partial charge in [-0.2, -0.15) is 5.26 Å². The van der Waals surface area contributed by atoms with Crippen molar-refractivity contribution in [3.63, 3.8) is 0 Å². The smallest absolute Gasteiger partial charge is 0.121 e. The van der Waals surface area contributed by atoms with E-state index in [9.17, 15) is 0 Å². The van der Waals surface area contributed by atoms with Crippen LogP contribution in [0.15, 0.2) is 128 Å². The average Bonchev–Trinajstić information content (AvgIpc) is 3.39. The van der Waals surface area contributed by atoms with Crippen LogP contribution in [0.3, 0.4) is 0 Å². The molecule has 0 bridgehead atoms. The molecule has 4 aromatic carbocycles. The minimum absolute atomic E-state index is 0.572. The fourth-order valence-corrected chi connectivity index (χ4v) is 4.44. The van der Waals surface area contributed by atoms with Crippen molar-refractivity contribution in [2.24, 2.45) is 0 Å². The molecule has 34 heavy (non-hydrogen) atoms. The normalized spacial score (nSPS) is 11.4. The van der Waals surface area contributed by atoms with E-state index in [1.807, 2.05) is 60.9 Å². The van der Waals surface area contributed by atoms with Crippen LogP contribution in [0, 0.1) is 11.3 Å². The molecule has 0 atom stereocenters. The van der Waals surface area contributed by atoms with Crippen molar-refractivity contribution in [2.45, 2.75) is 5.54 Å². The lowest BCUT2D eigenvalue weighted by molar-refractivity contribution is 0.514. The maximum absolute atomic E-state index is 9.02. The Morgan fingerprint density at radius 3 is 1.62 bits per heavy atom. The number of hydrogen-bond donors (Lipinski definition) is 0. The molecule has 162 valence electrons. The van der Waals surface area contributed by atoms with Gasteiger partial charge in [0.25, 0.3) is 0 Å². The Balaban J connectivity index is 1.65. The van der Waals surface area contributed by atoms with Gasteiger partial charge in [-0.25, -0.2) is 4.98 Å². The zero-order valence-corrected chi connectivity index (χ0v) is 18.6. The summed E-state index contributed by atoms with van der Waals surface area (Å²) in [7, 11) is 0. The van der Waals surface area contributed by atoms with Crippen molar-refractivity contribution < 1.29 is 0 Å². The first-order valence-electron chi connectivity index (χ1n) is 11.2.